The van der Waals surface area contributed by atoms with Gasteiger partial charge in [0.1, 0.15) is 0 Å². The monoisotopic (exact) mass is 424 g/mol. The van der Waals surface area contributed by atoms with Crippen molar-refractivity contribution in [2.24, 2.45) is 0 Å². The van der Waals surface area contributed by atoms with Crippen molar-refractivity contribution < 1.29 is 0 Å². The molecule has 0 N–H and O–H groups in total. The Morgan fingerprint density at radius 2 is 1.03 bits per heavy atom. The maximum Gasteiger partial charge on any atom is 0.0159 e. The van der Waals surface area contributed by atoms with Crippen LogP contribution in [-0.2, 0) is 5.41 Å². The molecule has 0 amide bonds. The molecular formula is C33H28. The maximum absolute atomic E-state index is 2.44. The molecule has 1 aliphatic carbocycles. The highest BCUT2D eigenvalue weighted by Crippen LogP contribution is 2.51. The molecule has 0 fully saturated rings. The predicted octanol–water partition coefficient (Wildman–Crippen LogP) is 9.63. The first-order chi connectivity index (χ1) is 16.1. The standard InChI is InChI=1S/C31H22.C2H6/c1-31(2)28-18-23-15-20-9-4-3-8-19(20)14-22(23)16-27(28)26-13-7-12-25-24-11-6-5-10-21(24)17-29(31)30(25)26;1-2/h3-18H,1-2H3;1-2H3. The SMILES string of the molecule is CC.CC1(C)c2cc3cc4ccccc4cc3cc2-c2cccc3c2c1cc1ccccc13. The highest BCUT2D eigenvalue weighted by Gasteiger charge is 2.34. The lowest BCUT2D eigenvalue weighted by molar-refractivity contribution is 0.647. The number of fused-ring (bicyclic) bond motifs is 6. The van der Waals surface area contributed by atoms with Gasteiger partial charge in [-0.3, -0.25) is 0 Å². The Hall–Kier alpha value is -3.64. The molecule has 6 aromatic carbocycles. The lowest BCUT2D eigenvalue weighted by Crippen LogP contribution is -2.23. The molecule has 0 saturated heterocycles. The molecule has 0 saturated carbocycles. The number of rotatable bonds is 0. The Morgan fingerprint density at radius 1 is 0.455 bits per heavy atom. The molecule has 0 nitrogen and oxygen atoms in total. The fourth-order valence-corrected chi connectivity index (χ4v) is 5.76. The van der Waals surface area contributed by atoms with E-state index in [1.807, 2.05) is 13.8 Å². The van der Waals surface area contributed by atoms with Crippen molar-refractivity contribution in [3.63, 3.8) is 0 Å². The number of hydrogen-bond acceptors (Lipinski definition) is 0. The lowest BCUT2D eigenvalue weighted by Gasteiger charge is -2.36. The molecule has 0 aliphatic heterocycles. The van der Waals surface area contributed by atoms with Crippen molar-refractivity contribution in [3.05, 3.63) is 108 Å². The van der Waals surface area contributed by atoms with Crippen LogP contribution in [0.4, 0.5) is 0 Å². The summed E-state index contributed by atoms with van der Waals surface area (Å²) in [5.74, 6) is 0. The van der Waals surface area contributed by atoms with E-state index in [9.17, 15) is 0 Å². The third-order valence-corrected chi connectivity index (χ3v) is 7.36. The van der Waals surface area contributed by atoms with Gasteiger partial charge in [-0.1, -0.05) is 94.4 Å². The summed E-state index contributed by atoms with van der Waals surface area (Å²) in [6, 6.07) is 36.3. The Labute approximate surface area is 195 Å². The van der Waals surface area contributed by atoms with Gasteiger partial charge in [-0.15, -0.1) is 0 Å². The van der Waals surface area contributed by atoms with E-state index in [-0.39, 0.29) is 5.41 Å². The summed E-state index contributed by atoms with van der Waals surface area (Å²) in [5.41, 5.74) is 5.53. The minimum absolute atomic E-state index is 0.0637. The zero-order valence-corrected chi connectivity index (χ0v) is 19.7. The highest BCUT2D eigenvalue weighted by molar-refractivity contribution is 6.16. The van der Waals surface area contributed by atoms with E-state index in [1.165, 1.54) is 65.3 Å². The summed E-state index contributed by atoms with van der Waals surface area (Å²) in [4.78, 5) is 0. The van der Waals surface area contributed by atoms with Gasteiger partial charge in [-0.25, -0.2) is 0 Å². The second kappa shape index (κ2) is 7.18. The molecule has 0 heteroatoms. The van der Waals surface area contributed by atoms with Crippen LogP contribution < -0.4 is 0 Å². The highest BCUT2D eigenvalue weighted by atomic mass is 14.4. The normalized spacial score (nSPS) is 13.7. The molecule has 0 atom stereocenters. The van der Waals surface area contributed by atoms with Gasteiger partial charge in [0.15, 0.2) is 0 Å². The van der Waals surface area contributed by atoms with Gasteiger partial charge >= 0.3 is 0 Å². The van der Waals surface area contributed by atoms with Gasteiger partial charge in [0.05, 0.1) is 0 Å². The first-order valence-corrected chi connectivity index (χ1v) is 12.0. The molecule has 0 radical (unpaired) electrons. The minimum Gasteiger partial charge on any atom is -0.0683 e. The zero-order valence-electron chi connectivity index (χ0n) is 19.7. The maximum atomic E-state index is 2.44. The van der Waals surface area contributed by atoms with E-state index in [4.69, 9.17) is 0 Å². The van der Waals surface area contributed by atoms with Crippen LogP contribution in [-0.4, -0.2) is 0 Å². The fourth-order valence-electron chi connectivity index (χ4n) is 5.76. The van der Waals surface area contributed by atoms with E-state index in [2.05, 4.69) is 111 Å². The molecule has 33 heavy (non-hydrogen) atoms. The third kappa shape index (κ3) is 2.77. The quantitative estimate of drug-likeness (QED) is 0.168. The topological polar surface area (TPSA) is 0 Å². The largest absolute Gasteiger partial charge is 0.0683 e. The summed E-state index contributed by atoms with van der Waals surface area (Å²) in [6.45, 7) is 8.77. The molecule has 0 unspecified atom stereocenters. The van der Waals surface area contributed by atoms with Crippen LogP contribution >= 0.6 is 0 Å². The van der Waals surface area contributed by atoms with Crippen molar-refractivity contribution in [2.45, 2.75) is 33.1 Å². The van der Waals surface area contributed by atoms with Crippen LogP contribution in [0, 0.1) is 0 Å². The van der Waals surface area contributed by atoms with Gasteiger partial charge in [0.25, 0.3) is 0 Å². The van der Waals surface area contributed by atoms with Gasteiger partial charge in [-0.05, 0) is 95.7 Å². The first-order valence-electron chi connectivity index (χ1n) is 12.0. The molecule has 160 valence electrons. The smallest absolute Gasteiger partial charge is 0.0159 e. The van der Waals surface area contributed by atoms with E-state index >= 15 is 0 Å². The Bertz CT molecular complexity index is 1700. The molecule has 6 aromatic rings. The average Bonchev–Trinajstić information content (AvgIpc) is 2.86. The molecule has 1 aliphatic rings. The van der Waals surface area contributed by atoms with Crippen LogP contribution in [0.15, 0.2) is 97.1 Å². The van der Waals surface area contributed by atoms with Crippen molar-refractivity contribution in [2.75, 3.05) is 0 Å². The second-order valence-corrected chi connectivity index (χ2v) is 9.44. The van der Waals surface area contributed by atoms with Crippen molar-refractivity contribution >= 4 is 43.1 Å². The molecule has 0 bridgehead atoms. The Morgan fingerprint density at radius 3 is 1.76 bits per heavy atom. The first kappa shape index (κ1) is 20.0. The Kier molecular flexibility index (Phi) is 4.35. The van der Waals surface area contributed by atoms with Gasteiger partial charge in [0.2, 0.25) is 0 Å². The van der Waals surface area contributed by atoms with Crippen LogP contribution in [0.25, 0.3) is 54.2 Å². The lowest BCUT2D eigenvalue weighted by atomic mass is 9.67. The van der Waals surface area contributed by atoms with Crippen LogP contribution in [0.3, 0.4) is 0 Å². The zero-order chi connectivity index (χ0) is 22.7. The van der Waals surface area contributed by atoms with Gasteiger partial charge < -0.3 is 0 Å². The van der Waals surface area contributed by atoms with E-state index in [0.29, 0.717) is 0 Å². The Balaban J connectivity index is 0.00000101. The molecule has 0 heterocycles. The van der Waals surface area contributed by atoms with Crippen molar-refractivity contribution in [1.82, 2.24) is 0 Å². The number of benzene rings is 6. The van der Waals surface area contributed by atoms with E-state index in [1.54, 1.807) is 0 Å². The van der Waals surface area contributed by atoms with Gasteiger partial charge in [-0.2, -0.15) is 0 Å². The summed E-state index contributed by atoms with van der Waals surface area (Å²) >= 11 is 0. The minimum atomic E-state index is -0.0637. The van der Waals surface area contributed by atoms with Crippen LogP contribution in [0.5, 0.6) is 0 Å². The number of hydrogen-bond donors (Lipinski definition) is 0. The van der Waals surface area contributed by atoms with Crippen LogP contribution in [0.2, 0.25) is 0 Å². The fraction of sp³-hybridized carbons (Fsp3) is 0.152. The molecule has 0 spiro atoms. The van der Waals surface area contributed by atoms with Gasteiger partial charge in [0, 0.05) is 5.41 Å². The second-order valence-electron chi connectivity index (χ2n) is 9.44. The van der Waals surface area contributed by atoms with Crippen LogP contribution in [0.1, 0.15) is 38.8 Å². The molecule has 7 rings (SSSR count). The van der Waals surface area contributed by atoms with E-state index < -0.39 is 0 Å². The summed E-state index contributed by atoms with van der Waals surface area (Å²) < 4.78 is 0. The van der Waals surface area contributed by atoms with Crippen molar-refractivity contribution in [3.8, 4) is 11.1 Å². The van der Waals surface area contributed by atoms with Crippen molar-refractivity contribution in [1.29, 1.82) is 0 Å². The summed E-state index contributed by atoms with van der Waals surface area (Å²) in [7, 11) is 0. The predicted molar refractivity (Wildman–Crippen MR) is 145 cm³/mol. The van der Waals surface area contributed by atoms with E-state index in [0.717, 1.165) is 0 Å². The summed E-state index contributed by atoms with van der Waals surface area (Å²) in [6.07, 6.45) is 0. The molecular weight excluding hydrogens is 396 g/mol. The summed E-state index contributed by atoms with van der Waals surface area (Å²) in [5, 5.41) is 10.7. The average molecular weight is 425 g/mol. The third-order valence-electron chi connectivity index (χ3n) is 7.36. The molecule has 0 aromatic heterocycles.